The second kappa shape index (κ2) is 6.78. The van der Waals surface area contributed by atoms with Crippen LogP contribution < -0.4 is 15.5 Å². The Balaban J connectivity index is 2.01. The van der Waals surface area contributed by atoms with E-state index in [-0.39, 0.29) is 5.82 Å². The highest BCUT2D eigenvalue weighted by Gasteiger charge is 2.33. The Morgan fingerprint density at radius 2 is 2.14 bits per heavy atom. The minimum absolute atomic E-state index is 0.207. The lowest BCUT2D eigenvalue weighted by Crippen LogP contribution is -2.39. The molecule has 1 aromatic rings. The molecule has 1 aromatic carbocycles. The lowest BCUT2D eigenvalue weighted by Gasteiger charge is -2.14. The van der Waals surface area contributed by atoms with Crippen molar-refractivity contribution in [2.75, 3.05) is 25.5 Å². The summed E-state index contributed by atoms with van der Waals surface area (Å²) in [5.74, 6) is 1.32. The molecule has 1 aliphatic rings. The Labute approximate surface area is 126 Å². The highest BCUT2D eigenvalue weighted by Crippen LogP contribution is 2.28. The van der Waals surface area contributed by atoms with Gasteiger partial charge in [0, 0.05) is 26.7 Å². The zero-order chi connectivity index (χ0) is 15.4. The van der Waals surface area contributed by atoms with Gasteiger partial charge < -0.3 is 15.5 Å². The van der Waals surface area contributed by atoms with Gasteiger partial charge in [-0.25, -0.2) is 9.38 Å². The van der Waals surface area contributed by atoms with Crippen LogP contribution in [0, 0.1) is 11.7 Å². The first kappa shape index (κ1) is 15.6. The number of benzene rings is 1. The van der Waals surface area contributed by atoms with Crippen LogP contribution in [0.3, 0.4) is 0 Å². The summed E-state index contributed by atoms with van der Waals surface area (Å²) in [7, 11) is 3.67. The number of halogens is 1. The molecule has 116 valence electrons. The summed E-state index contributed by atoms with van der Waals surface area (Å²) in [4.78, 5) is 6.29. The first-order valence-electron chi connectivity index (χ1n) is 7.51. The van der Waals surface area contributed by atoms with Gasteiger partial charge in [-0.2, -0.15) is 0 Å². The third-order valence-electron chi connectivity index (χ3n) is 3.69. The summed E-state index contributed by atoms with van der Waals surface area (Å²) < 4.78 is 13.9. The highest BCUT2D eigenvalue weighted by molar-refractivity contribution is 5.80. The highest BCUT2D eigenvalue weighted by atomic mass is 19.1. The maximum absolute atomic E-state index is 13.9. The molecule has 0 aromatic heterocycles. The van der Waals surface area contributed by atoms with E-state index in [0.29, 0.717) is 24.2 Å². The fourth-order valence-corrected chi connectivity index (χ4v) is 2.20. The van der Waals surface area contributed by atoms with Gasteiger partial charge in [-0.15, -0.1) is 0 Å². The molecule has 21 heavy (non-hydrogen) atoms. The molecule has 0 radical (unpaired) electrons. The topological polar surface area (TPSA) is 39.7 Å². The van der Waals surface area contributed by atoms with E-state index >= 15 is 0 Å². The molecular formula is C16H25FN4. The Bertz CT molecular complexity index is 513. The molecule has 0 aliphatic heterocycles. The Morgan fingerprint density at radius 3 is 2.67 bits per heavy atom. The monoisotopic (exact) mass is 292 g/mol. The van der Waals surface area contributed by atoms with Gasteiger partial charge in [-0.05, 0) is 37.0 Å². The fourth-order valence-electron chi connectivity index (χ4n) is 2.20. The van der Waals surface area contributed by atoms with Gasteiger partial charge >= 0.3 is 0 Å². The van der Waals surface area contributed by atoms with Crippen molar-refractivity contribution in [3.8, 4) is 0 Å². The number of guanidine groups is 1. The van der Waals surface area contributed by atoms with Crippen molar-refractivity contribution >= 4 is 11.6 Å². The third-order valence-corrected chi connectivity index (χ3v) is 3.69. The quantitative estimate of drug-likeness (QED) is 0.646. The van der Waals surface area contributed by atoms with Crippen molar-refractivity contribution in [3.63, 3.8) is 0 Å². The molecule has 2 atom stereocenters. The van der Waals surface area contributed by atoms with E-state index in [1.165, 1.54) is 6.42 Å². The lowest BCUT2D eigenvalue weighted by atomic mass is 10.2. The molecule has 0 saturated heterocycles. The first-order chi connectivity index (χ1) is 10.0. The number of hydrogen-bond acceptors (Lipinski definition) is 2. The average Bonchev–Trinajstić information content (AvgIpc) is 3.11. The summed E-state index contributed by atoms with van der Waals surface area (Å²) in [6.07, 6.45) is 1.19. The Kier molecular flexibility index (Phi) is 5.04. The van der Waals surface area contributed by atoms with E-state index in [2.05, 4.69) is 22.5 Å². The van der Waals surface area contributed by atoms with Crippen molar-refractivity contribution in [2.24, 2.45) is 10.9 Å². The predicted molar refractivity (Wildman–Crippen MR) is 86.2 cm³/mol. The van der Waals surface area contributed by atoms with Crippen LogP contribution in [0.15, 0.2) is 23.2 Å². The first-order valence-corrected chi connectivity index (χ1v) is 7.51. The van der Waals surface area contributed by atoms with Gasteiger partial charge in [0.25, 0.3) is 0 Å². The number of anilines is 1. The maximum Gasteiger partial charge on any atom is 0.191 e. The molecule has 0 heterocycles. The Morgan fingerprint density at radius 1 is 1.43 bits per heavy atom. The molecule has 2 rings (SSSR count). The SMILES string of the molecule is CCNC(=NCc1ccc(N(C)C)c(F)c1)NC1CC1C. The zero-order valence-electron chi connectivity index (χ0n) is 13.3. The molecule has 1 fully saturated rings. The molecule has 0 spiro atoms. The van der Waals surface area contributed by atoms with Gasteiger partial charge in [-0.1, -0.05) is 13.0 Å². The van der Waals surface area contributed by atoms with Crippen LogP contribution >= 0.6 is 0 Å². The van der Waals surface area contributed by atoms with Crippen LogP contribution in [0.4, 0.5) is 10.1 Å². The van der Waals surface area contributed by atoms with Crippen LogP contribution in [0.2, 0.25) is 0 Å². The van der Waals surface area contributed by atoms with Gasteiger partial charge in [0.1, 0.15) is 5.82 Å². The van der Waals surface area contributed by atoms with Crippen molar-refractivity contribution in [3.05, 3.63) is 29.6 Å². The number of hydrogen-bond donors (Lipinski definition) is 2. The summed E-state index contributed by atoms with van der Waals surface area (Å²) >= 11 is 0. The predicted octanol–water partition coefficient (Wildman–Crippen LogP) is 2.36. The molecule has 4 nitrogen and oxygen atoms in total. The average molecular weight is 292 g/mol. The molecule has 2 N–H and O–H groups in total. The van der Waals surface area contributed by atoms with Crippen molar-refractivity contribution < 1.29 is 4.39 Å². The maximum atomic E-state index is 13.9. The van der Waals surface area contributed by atoms with Crippen LogP contribution in [-0.4, -0.2) is 32.6 Å². The minimum Gasteiger partial charge on any atom is -0.375 e. The van der Waals surface area contributed by atoms with Crippen molar-refractivity contribution in [1.29, 1.82) is 0 Å². The van der Waals surface area contributed by atoms with Crippen LogP contribution in [-0.2, 0) is 6.54 Å². The van der Waals surface area contributed by atoms with E-state index in [1.54, 1.807) is 17.0 Å². The van der Waals surface area contributed by atoms with E-state index in [4.69, 9.17) is 0 Å². The smallest absolute Gasteiger partial charge is 0.191 e. The van der Waals surface area contributed by atoms with Crippen molar-refractivity contribution in [2.45, 2.75) is 32.9 Å². The number of nitrogens with zero attached hydrogens (tertiary/aromatic N) is 2. The Hall–Kier alpha value is -1.78. The zero-order valence-corrected chi connectivity index (χ0v) is 13.3. The molecule has 0 bridgehead atoms. The second-order valence-corrected chi connectivity index (χ2v) is 5.84. The van der Waals surface area contributed by atoms with Crippen LogP contribution in [0.25, 0.3) is 0 Å². The largest absolute Gasteiger partial charge is 0.375 e. The van der Waals surface area contributed by atoms with Gasteiger partial charge in [0.05, 0.1) is 12.2 Å². The van der Waals surface area contributed by atoms with Crippen LogP contribution in [0.1, 0.15) is 25.8 Å². The van der Waals surface area contributed by atoms with Crippen LogP contribution in [0.5, 0.6) is 0 Å². The molecular weight excluding hydrogens is 267 g/mol. The van der Waals surface area contributed by atoms with Crippen molar-refractivity contribution in [1.82, 2.24) is 10.6 Å². The van der Waals surface area contributed by atoms with E-state index < -0.39 is 0 Å². The van der Waals surface area contributed by atoms with Gasteiger partial charge in [0.2, 0.25) is 0 Å². The van der Waals surface area contributed by atoms with Gasteiger partial charge in [-0.3, -0.25) is 0 Å². The lowest BCUT2D eigenvalue weighted by molar-refractivity contribution is 0.623. The summed E-state index contributed by atoms with van der Waals surface area (Å²) in [5, 5.41) is 6.62. The van der Waals surface area contributed by atoms with E-state index in [0.717, 1.165) is 18.1 Å². The molecule has 5 heteroatoms. The molecule has 1 saturated carbocycles. The number of rotatable bonds is 5. The fraction of sp³-hybridized carbons (Fsp3) is 0.562. The molecule has 1 aliphatic carbocycles. The van der Waals surface area contributed by atoms with E-state index in [9.17, 15) is 4.39 Å². The second-order valence-electron chi connectivity index (χ2n) is 5.84. The minimum atomic E-state index is -0.207. The van der Waals surface area contributed by atoms with Gasteiger partial charge in [0.15, 0.2) is 5.96 Å². The third kappa shape index (κ3) is 4.34. The standard InChI is InChI=1S/C16H25FN4/c1-5-18-16(20-14-8-11(14)2)19-10-12-6-7-15(21(3)4)13(17)9-12/h6-7,9,11,14H,5,8,10H2,1-4H3,(H2,18,19,20). The summed E-state index contributed by atoms with van der Waals surface area (Å²) in [6.45, 7) is 5.55. The summed E-state index contributed by atoms with van der Waals surface area (Å²) in [6, 6.07) is 5.80. The molecule has 0 amide bonds. The van der Waals surface area contributed by atoms with E-state index in [1.807, 2.05) is 27.1 Å². The number of aliphatic imine (C=N–C) groups is 1. The summed E-state index contributed by atoms with van der Waals surface area (Å²) in [5.41, 5.74) is 1.47. The number of nitrogens with one attached hydrogen (secondary N) is 2. The molecule has 2 unspecified atom stereocenters. The normalized spacial score (nSPS) is 21.1.